The van der Waals surface area contributed by atoms with Crippen LogP contribution in [0.5, 0.6) is 5.75 Å². The predicted molar refractivity (Wildman–Crippen MR) is 125 cm³/mol. The minimum Gasteiger partial charge on any atom is -0.491 e. The van der Waals surface area contributed by atoms with Crippen molar-refractivity contribution in [1.29, 1.82) is 0 Å². The van der Waals surface area contributed by atoms with Crippen molar-refractivity contribution in [3.05, 3.63) is 88.7 Å². The van der Waals surface area contributed by atoms with Gasteiger partial charge in [-0.3, -0.25) is 24.8 Å². The van der Waals surface area contributed by atoms with Gasteiger partial charge in [0.05, 0.1) is 11.0 Å². The predicted octanol–water partition coefficient (Wildman–Crippen LogP) is 3.93. The number of non-ortho nitro benzene ring substituents is 1. The molecule has 174 valence electrons. The van der Waals surface area contributed by atoms with Gasteiger partial charge in [-0.15, -0.1) is 0 Å². The summed E-state index contributed by atoms with van der Waals surface area (Å²) in [6.45, 7) is 0.217. The fraction of sp³-hybridized carbons (Fsp3) is 0.240. The van der Waals surface area contributed by atoms with Crippen LogP contribution in [0.1, 0.15) is 12.0 Å². The zero-order valence-electron chi connectivity index (χ0n) is 18.7. The highest BCUT2D eigenvalue weighted by Gasteiger charge is 2.38. The quantitative estimate of drug-likeness (QED) is 0.272. The van der Waals surface area contributed by atoms with E-state index >= 15 is 0 Å². The molecule has 3 aromatic rings. The Morgan fingerprint density at radius 2 is 1.79 bits per heavy atom. The first kappa shape index (κ1) is 22.9. The molecule has 2 heterocycles. The molecule has 0 spiro atoms. The zero-order valence-corrected chi connectivity index (χ0v) is 18.7. The van der Waals surface area contributed by atoms with E-state index in [0.29, 0.717) is 18.6 Å². The molecule has 9 nitrogen and oxygen atoms in total. The summed E-state index contributed by atoms with van der Waals surface area (Å²) in [7, 11) is 1.60. The Morgan fingerprint density at radius 1 is 1.06 bits per heavy atom. The van der Waals surface area contributed by atoms with E-state index in [2.05, 4.69) is 4.98 Å². The summed E-state index contributed by atoms with van der Waals surface area (Å²) in [4.78, 5) is 42.4. The second-order valence-corrected chi connectivity index (χ2v) is 8.09. The second kappa shape index (κ2) is 10.1. The number of aryl methyl sites for hydroxylation is 1. The van der Waals surface area contributed by atoms with Gasteiger partial charge in [-0.05, 0) is 53.8 Å². The number of urea groups is 1. The highest BCUT2D eigenvalue weighted by molar-refractivity contribution is 6.02. The van der Waals surface area contributed by atoms with E-state index < -0.39 is 11.0 Å². The maximum absolute atomic E-state index is 12.6. The van der Waals surface area contributed by atoms with Crippen molar-refractivity contribution >= 4 is 17.6 Å². The molecule has 0 N–H and O–H groups in total. The maximum atomic E-state index is 12.6. The van der Waals surface area contributed by atoms with Gasteiger partial charge in [-0.25, -0.2) is 4.79 Å². The van der Waals surface area contributed by atoms with Crippen LogP contribution in [0.15, 0.2) is 73.1 Å². The zero-order chi connectivity index (χ0) is 24.1. The summed E-state index contributed by atoms with van der Waals surface area (Å²) in [6.07, 6.45) is 4.65. The van der Waals surface area contributed by atoms with E-state index in [9.17, 15) is 19.7 Å². The summed E-state index contributed by atoms with van der Waals surface area (Å²) in [6, 6.07) is 16.7. The average molecular weight is 460 g/mol. The molecule has 3 amide bonds. The normalized spacial score (nSPS) is 14.4. The number of ether oxygens (including phenoxy) is 1. The summed E-state index contributed by atoms with van der Waals surface area (Å²) < 4.78 is 5.97. The van der Waals surface area contributed by atoms with Gasteiger partial charge in [0, 0.05) is 31.6 Å². The van der Waals surface area contributed by atoms with Gasteiger partial charge in [0.25, 0.3) is 11.6 Å². The summed E-state index contributed by atoms with van der Waals surface area (Å²) >= 11 is 0. The molecule has 1 atom stereocenters. The Kier molecular flexibility index (Phi) is 6.82. The fourth-order valence-corrected chi connectivity index (χ4v) is 3.90. The largest absolute Gasteiger partial charge is 0.491 e. The number of hydrogen-bond donors (Lipinski definition) is 0. The molecule has 1 fully saturated rings. The third kappa shape index (κ3) is 5.20. The summed E-state index contributed by atoms with van der Waals surface area (Å²) in [5.74, 6) is 0.340. The first-order valence-corrected chi connectivity index (χ1v) is 10.9. The fourth-order valence-electron chi connectivity index (χ4n) is 3.90. The molecular weight excluding hydrogens is 436 g/mol. The lowest BCUT2D eigenvalue weighted by molar-refractivity contribution is -0.384. The van der Waals surface area contributed by atoms with E-state index in [1.54, 1.807) is 43.7 Å². The van der Waals surface area contributed by atoms with E-state index in [4.69, 9.17) is 4.74 Å². The lowest BCUT2D eigenvalue weighted by atomic mass is 10.0. The molecule has 2 aromatic carbocycles. The molecule has 1 aromatic heterocycles. The Hall–Kier alpha value is -4.27. The number of benzene rings is 2. The van der Waals surface area contributed by atoms with Crippen LogP contribution in [0.2, 0.25) is 0 Å². The lowest BCUT2D eigenvalue weighted by Crippen LogP contribution is -2.44. The highest BCUT2D eigenvalue weighted by atomic mass is 16.6. The lowest BCUT2D eigenvalue weighted by Gasteiger charge is -2.26. The maximum Gasteiger partial charge on any atom is 0.327 e. The Morgan fingerprint density at radius 3 is 2.44 bits per heavy atom. The molecule has 0 saturated carbocycles. The Balaban J connectivity index is 1.46. The van der Waals surface area contributed by atoms with Crippen LogP contribution < -0.4 is 4.74 Å². The van der Waals surface area contributed by atoms with Crippen LogP contribution >= 0.6 is 0 Å². The molecule has 9 heteroatoms. The van der Waals surface area contributed by atoms with Gasteiger partial charge in [0.2, 0.25) is 0 Å². The SMILES string of the molecule is CN1CC(=O)N(C(CCc2ccncc2)COc2ccc(-c3cccc([N+](=O)[O-])c3)cc2)C1=O. The molecule has 0 aliphatic carbocycles. The molecule has 0 bridgehead atoms. The van der Waals surface area contributed by atoms with Gasteiger partial charge in [0.15, 0.2) is 0 Å². The molecule has 1 aliphatic rings. The second-order valence-electron chi connectivity index (χ2n) is 8.09. The van der Waals surface area contributed by atoms with Gasteiger partial charge in [0.1, 0.15) is 18.9 Å². The highest BCUT2D eigenvalue weighted by Crippen LogP contribution is 2.26. The number of carbonyl (C=O) groups is 2. The number of hydrogen-bond acceptors (Lipinski definition) is 6. The molecule has 1 unspecified atom stereocenters. The summed E-state index contributed by atoms with van der Waals surface area (Å²) in [5.41, 5.74) is 2.64. The third-order valence-corrected chi connectivity index (χ3v) is 5.74. The van der Waals surface area contributed by atoms with E-state index in [1.807, 2.05) is 24.3 Å². The molecule has 1 saturated heterocycles. The minimum atomic E-state index is -0.425. The minimum absolute atomic E-state index is 0.0276. The molecular formula is C25H24N4O5. The number of carbonyl (C=O) groups excluding carboxylic acids is 2. The number of nitro groups is 1. The van der Waals surface area contributed by atoms with Crippen LogP contribution in [0.4, 0.5) is 10.5 Å². The van der Waals surface area contributed by atoms with Crippen molar-refractivity contribution in [3.63, 3.8) is 0 Å². The number of imide groups is 1. The Bertz CT molecular complexity index is 1180. The number of aromatic nitrogens is 1. The van der Waals surface area contributed by atoms with Crippen molar-refractivity contribution in [2.75, 3.05) is 20.2 Å². The van der Waals surface area contributed by atoms with Crippen molar-refractivity contribution in [2.24, 2.45) is 0 Å². The number of amides is 3. The number of pyridine rings is 1. The van der Waals surface area contributed by atoms with Crippen molar-refractivity contribution < 1.29 is 19.2 Å². The monoisotopic (exact) mass is 460 g/mol. The smallest absolute Gasteiger partial charge is 0.327 e. The van der Waals surface area contributed by atoms with E-state index in [0.717, 1.165) is 16.7 Å². The van der Waals surface area contributed by atoms with Gasteiger partial charge >= 0.3 is 6.03 Å². The first-order chi connectivity index (χ1) is 16.4. The van der Waals surface area contributed by atoms with Gasteiger partial charge < -0.3 is 9.64 Å². The van der Waals surface area contributed by atoms with Crippen molar-refractivity contribution in [3.8, 4) is 16.9 Å². The van der Waals surface area contributed by atoms with Crippen LogP contribution in [-0.2, 0) is 11.2 Å². The average Bonchev–Trinajstić information content (AvgIpc) is 3.11. The van der Waals surface area contributed by atoms with Gasteiger partial charge in [-0.1, -0.05) is 24.3 Å². The van der Waals surface area contributed by atoms with Crippen LogP contribution in [0, 0.1) is 10.1 Å². The molecule has 4 rings (SSSR count). The molecule has 0 radical (unpaired) electrons. The number of likely N-dealkylation sites (N-methyl/N-ethyl adjacent to an activating group) is 1. The third-order valence-electron chi connectivity index (χ3n) is 5.74. The number of nitro benzene ring substituents is 1. The Labute approximate surface area is 196 Å². The van der Waals surface area contributed by atoms with Crippen molar-refractivity contribution in [2.45, 2.75) is 18.9 Å². The van der Waals surface area contributed by atoms with E-state index in [-0.39, 0.29) is 30.8 Å². The molecule has 1 aliphatic heterocycles. The van der Waals surface area contributed by atoms with Crippen LogP contribution in [-0.4, -0.2) is 57.9 Å². The number of rotatable bonds is 9. The topological polar surface area (TPSA) is 106 Å². The summed E-state index contributed by atoms with van der Waals surface area (Å²) in [5, 5.41) is 11.0. The van der Waals surface area contributed by atoms with Gasteiger partial charge in [-0.2, -0.15) is 0 Å². The standard InChI is InChI=1S/C25H24N4O5/c1-27-16-24(30)28(25(27)31)22(8-5-18-11-13-26-14-12-18)17-34-23-9-6-19(7-10-23)20-3-2-4-21(15-20)29(32)33/h2-4,6-7,9-15,22H,5,8,16-17H2,1H3. The van der Waals surface area contributed by atoms with E-state index in [1.165, 1.54) is 21.9 Å². The first-order valence-electron chi connectivity index (χ1n) is 10.9. The molecule has 34 heavy (non-hydrogen) atoms. The van der Waals surface area contributed by atoms with Crippen LogP contribution in [0.25, 0.3) is 11.1 Å². The van der Waals surface area contributed by atoms with Crippen LogP contribution in [0.3, 0.4) is 0 Å². The number of nitrogens with zero attached hydrogens (tertiary/aromatic N) is 4. The van der Waals surface area contributed by atoms with Crippen molar-refractivity contribution in [1.82, 2.24) is 14.8 Å².